The Kier molecular flexibility index (Phi) is 6.89. The summed E-state index contributed by atoms with van der Waals surface area (Å²) in [6.45, 7) is 9.69. The molecule has 4 aliphatic rings. The van der Waals surface area contributed by atoms with Crippen LogP contribution in [0, 0.1) is 11.3 Å². The molecule has 0 spiro atoms. The van der Waals surface area contributed by atoms with Crippen molar-refractivity contribution >= 4 is 28.2 Å². The second-order valence-corrected chi connectivity index (χ2v) is 11.8. The highest BCUT2D eigenvalue weighted by molar-refractivity contribution is 5.95. The molecule has 7 rings (SSSR count). The molecule has 5 heterocycles. The minimum atomic E-state index is 0.00610. The number of nitriles is 1. The number of pyridine rings is 1. The molecule has 2 unspecified atom stereocenters. The molecule has 9 heteroatoms. The van der Waals surface area contributed by atoms with Crippen molar-refractivity contribution in [2.45, 2.75) is 44.4 Å². The summed E-state index contributed by atoms with van der Waals surface area (Å²) in [5.74, 6) is 1.23. The quantitative estimate of drug-likeness (QED) is 0.532. The Labute approximate surface area is 241 Å². The topological polar surface area (TPSA) is 88.0 Å². The highest BCUT2D eigenvalue weighted by Crippen LogP contribution is 2.35. The largest absolute Gasteiger partial charge is 0.491 e. The summed E-state index contributed by atoms with van der Waals surface area (Å²) >= 11 is 0. The minimum Gasteiger partial charge on any atom is -0.491 e. The number of fused-ring (bicyclic) bond motifs is 3. The van der Waals surface area contributed by atoms with E-state index in [-0.39, 0.29) is 18.0 Å². The van der Waals surface area contributed by atoms with Crippen LogP contribution < -0.4 is 19.9 Å². The van der Waals surface area contributed by atoms with Gasteiger partial charge in [-0.1, -0.05) is 6.07 Å². The zero-order valence-corrected chi connectivity index (χ0v) is 23.6. The summed E-state index contributed by atoms with van der Waals surface area (Å²) in [5.41, 5.74) is 4.90. The van der Waals surface area contributed by atoms with Gasteiger partial charge in [-0.2, -0.15) is 5.26 Å². The number of rotatable bonds is 3. The third kappa shape index (κ3) is 4.85. The number of aromatic nitrogens is 1. The number of nitrogens with zero attached hydrogens (tertiary/aromatic N) is 6. The van der Waals surface area contributed by atoms with Gasteiger partial charge in [0.1, 0.15) is 18.4 Å². The van der Waals surface area contributed by atoms with E-state index in [2.05, 4.69) is 68.3 Å². The van der Waals surface area contributed by atoms with Gasteiger partial charge in [-0.05, 0) is 56.6 Å². The summed E-state index contributed by atoms with van der Waals surface area (Å²) in [5, 5.41) is 13.9. The number of carbonyl (C=O) groups excluding carboxylic acids is 1. The van der Waals surface area contributed by atoms with Gasteiger partial charge in [0, 0.05) is 86.4 Å². The molecule has 0 radical (unpaired) electrons. The molecule has 2 aromatic carbocycles. The van der Waals surface area contributed by atoms with E-state index in [1.807, 2.05) is 17.0 Å². The average molecular weight is 552 g/mol. The first-order valence-corrected chi connectivity index (χ1v) is 14.9. The molecule has 41 heavy (non-hydrogen) atoms. The predicted octanol–water partition coefficient (Wildman–Crippen LogP) is 2.98. The summed E-state index contributed by atoms with van der Waals surface area (Å²) in [7, 11) is 0. The molecule has 1 amide bonds. The molecule has 4 aliphatic heterocycles. The molecule has 1 aromatic heterocycles. The highest BCUT2D eigenvalue weighted by Gasteiger charge is 2.36. The third-order valence-electron chi connectivity index (χ3n) is 9.31. The fourth-order valence-corrected chi connectivity index (χ4v) is 7.06. The fourth-order valence-electron chi connectivity index (χ4n) is 7.06. The van der Waals surface area contributed by atoms with Crippen LogP contribution in [-0.2, 0) is 11.3 Å². The Morgan fingerprint density at radius 1 is 1.10 bits per heavy atom. The molecular weight excluding hydrogens is 514 g/mol. The molecule has 3 atom stereocenters. The van der Waals surface area contributed by atoms with Crippen molar-refractivity contribution in [3.8, 4) is 11.8 Å². The van der Waals surface area contributed by atoms with E-state index < -0.39 is 0 Å². The molecule has 9 nitrogen and oxygen atoms in total. The number of piperazine rings is 2. The standard InChI is InChI=1S/C32H37N7O2/c1-22-18-38(29-9-7-23(17-33)31-27(29)4-2-11-35-31)20-26-21-41-30-16-25(8-6-24(30)19-39(22)26)36-12-14-37(15-13-36)32(40)28-5-3-10-34-28/h2,4,6-9,11,16,22,26,28,34H,3,5,10,12-15,18-21H2,1H3/t22?,26?,28-/m0/s1. The van der Waals surface area contributed by atoms with E-state index in [1.165, 1.54) is 11.3 Å². The van der Waals surface area contributed by atoms with Crippen molar-refractivity contribution in [3.05, 3.63) is 59.8 Å². The van der Waals surface area contributed by atoms with Crippen molar-refractivity contribution in [2.24, 2.45) is 0 Å². The van der Waals surface area contributed by atoms with Crippen LogP contribution in [-0.4, -0.2) is 91.2 Å². The zero-order valence-electron chi connectivity index (χ0n) is 23.6. The SMILES string of the molecule is CC1CN(c2ccc(C#N)c3ncccc23)CC2COc3cc(N4CCN(C(=O)[C@@H]5CCCN5)CC4)ccc3CN12. The number of ether oxygens (including phenoxy) is 1. The van der Waals surface area contributed by atoms with Crippen LogP contribution >= 0.6 is 0 Å². The molecule has 212 valence electrons. The van der Waals surface area contributed by atoms with Crippen LogP contribution in [0.25, 0.3) is 10.9 Å². The van der Waals surface area contributed by atoms with Gasteiger partial charge in [0.2, 0.25) is 5.91 Å². The maximum Gasteiger partial charge on any atom is 0.239 e. The lowest BCUT2D eigenvalue weighted by Gasteiger charge is -2.45. The van der Waals surface area contributed by atoms with E-state index in [0.29, 0.717) is 18.2 Å². The molecule has 3 fully saturated rings. The van der Waals surface area contributed by atoms with E-state index >= 15 is 0 Å². The Balaban J connectivity index is 1.05. The summed E-state index contributed by atoms with van der Waals surface area (Å²) < 4.78 is 6.51. The van der Waals surface area contributed by atoms with Crippen molar-refractivity contribution in [3.63, 3.8) is 0 Å². The first kappa shape index (κ1) is 26.1. The first-order chi connectivity index (χ1) is 20.1. The molecule has 3 aromatic rings. The summed E-state index contributed by atoms with van der Waals surface area (Å²) in [6, 6.07) is 17.5. The van der Waals surface area contributed by atoms with Crippen LogP contribution in [0.3, 0.4) is 0 Å². The summed E-state index contributed by atoms with van der Waals surface area (Å²) in [6.07, 6.45) is 3.80. The van der Waals surface area contributed by atoms with Crippen LogP contribution in [0.2, 0.25) is 0 Å². The highest BCUT2D eigenvalue weighted by atomic mass is 16.5. The first-order valence-electron chi connectivity index (χ1n) is 14.9. The third-order valence-corrected chi connectivity index (χ3v) is 9.31. The number of hydrogen-bond donors (Lipinski definition) is 1. The van der Waals surface area contributed by atoms with E-state index in [9.17, 15) is 10.1 Å². The second-order valence-electron chi connectivity index (χ2n) is 11.8. The van der Waals surface area contributed by atoms with Crippen LogP contribution in [0.15, 0.2) is 48.7 Å². The minimum absolute atomic E-state index is 0.00610. The lowest BCUT2D eigenvalue weighted by Crippen LogP contribution is -2.58. The van der Waals surface area contributed by atoms with Gasteiger partial charge in [0.25, 0.3) is 0 Å². The monoisotopic (exact) mass is 551 g/mol. The Bertz CT molecular complexity index is 1490. The maximum absolute atomic E-state index is 12.8. The number of anilines is 2. The number of carbonyl (C=O) groups is 1. The predicted molar refractivity (Wildman–Crippen MR) is 159 cm³/mol. The normalized spacial score (nSPS) is 24.8. The zero-order chi connectivity index (χ0) is 27.9. The Hall–Kier alpha value is -3.87. The Morgan fingerprint density at radius 2 is 1.98 bits per heavy atom. The van der Waals surface area contributed by atoms with E-state index in [1.54, 1.807) is 6.20 Å². The molecule has 0 saturated carbocycles. The lowest BCUT2D eigenvalue weighted by molar-refractivity contribution is -0.133. The number of benzene rings is 2. The molecule has 0 bridgehead atoms. The van der Waals surface area contributed by atoms with Gasteiger partial charge in [0.05, 0.1) is 23.2 Å². The lowest BCUT2D eigenvalue weighted by atomic mass is 10.0. The Morgan fingerprint density at radius 3 is 2.78 bits per heavy atom. The molecular formula is C32H37N7O2. The fraction of sp³-hybridized carbons (Fsp3) is 0.469. The molecule has 1 N–H and O–H groups in total. The average Bonchev–Trinajstić information content (AvgIpc) is 3.49. The number of amides is 1. The molecule has 3 saturated heterocycles. The maximum atomic E-state index is 12.8. The van der Waals surface area contributed by atoms with Crippen molar-refractivity contribution in [1.82, 2.24) is 20.1 Å². The van der Waals surface area contributed by atoms with E-state index in [4.69, 9.17) is 4.74 Å². The summed E-state index contributed by atoms with van der Waals surface area (Å²) in [4.78, 5) is 26.8. The van der Waals surface area contributed by atoms with Gasteiger partial charge in [0.15, 0.2) is 0 Å². The van der Waals surface area contributed by atoms with Crippen molar-refractivity contribution < 1.29 is 9.53 Å². The van der Waals surface area contributed by atoms with Gasteiger partial charge in [-0.15, -0.1) is 0 Å². The van der Waals surface area contributed by atoms with Crippen LogP contribution in [0.5, 0.6) is 5.75 Å². The van der Waals surface area contributed by atoms with Crippen molar-refractivity contribution in [1.29, 1.82) is 5.26 Å². The van der Waals surface area contributed by atoms with Crippen molar-refractivity contribution in [2.75, 3.05) is 62.2 Å². The van der Waals surface area contributed by atoms with Gasteiger partial charge in [-0.25, -0.2) is 0 Å². The second kappa shape index (κ2) is 10.8. The van der Waals surface area contributed by atoms with Crippen LogP contribution in [0.4, 0.5) is 11.4 Å². The van der Waals surface area contributed by atoms with Crippen LogP contribution in [0.1, 0.15) is 30.9 Å². The van der Waals surface area contributed by atoms with E-state index in [0.717, 1.165) is 87.5 Å². The number of hydrogen-bond acceptors (Lipinski definition) is 8. The van der Waals surface area contributed by atoms with Gasteiger partial charge < -0.3 is 24.8 Å². The van der Waals surface area contributed by atoms with Gasteiger partial charge >= 0.3 is 0 Å². The van der Waals surface area contributed by atoms with Gasteiger partial charge in [-0.3, -0.25) is 14.7 Å². The smallest absolute Gasteiger partial charge is 0.239 e. The molecule has 0 aliphatic carbocycles. The number of nitrogens with one attached hydrogen (secondary N) is 1.